The van der Waals surface area contributed by atoms with Gasteiger partial charge in [0.15, 0.2) is 0 Å². The first-order chi connectivity index (χ1) is 15.9. The van der Waals surface area contributed by atoms with Gasteiger partial charge in [-0.2, -0.15) is 0 Å². The smallest absolute Gasteiger partial charge is 0.308 e. The standard InChI is InChI=1S/C30H56O4/c1-9-29(5,6)23(3)15-11-13-21-33-27(31)25-17-19-26(20-18-25)28(32)34-22-14-12-16-24(4)30(7,8)10-2/h23-26H,9-22H2,1-8H3. The highest BCUT2D eigenvalue weighted by Crippen LogP contribution is 2.35. The molecule has 200 valence electrons. The number of carbonyl (C=O) groups is 2. The van der Waals surface area contributed by atoms with E-state index >= 15 is 0 Å². The van der Waals surface area contributed by atoms with Crippen LogP contribution in [0.2, 0.25) is 0 Å². The summed E-state index contributed by atoms with van der Waals surface area (Å²) in [6.45, 7) is 19.5. The second-order valence-corrected chi connectivity index (χ2v) is 12.4. The molecule has 1 fully saturated rings. The van der Waals surface area contributed by atoms with E-state index in [1.54, 1.807) is 0 Å². The fourth-order valence-corrected chi connectivity index (χ4v) is 4.73. The minimum absolute atomic E-state index is 0.0506. The maximum Gasteiger partial charge on any atom is 0.308 e. The largest absolute Gasteiger partial charge is 0.465 e. The molecule has 0 spiro atoms. The Hall–Kier alpha value is -1.06. The summed E-state index contributed by atoms with van der Waals surface area (Å²) < 4.78 is 11.1. The van der Waals surface area contributed by atoms with E-state index in [1.165, 1.54) is 25.7 Å². The Kier molecular flexibility index (Phi) is 13.8. The summed E-state index contributed by atoms with van der Waals surface area (Å²) in [6, 6.07) is 0. The third-order valence-electron chi connectivity index (χ3n) is 9.44. The van der Waals surface area contributed by atoms with Gasteiger partial charge in [0.05, 0.1) is 25.0 Å². The lowest BCUT2D eigenvalue weighted by atomic mass is 9.75. The van der Waals surface area contributed by atoms with Crippen LogP contribution in [0.15, 0.2) is 0 Å². The van der Waals surface area contributed by atoms with Gasteiger partial charge in [-0.05, 0) is 74.0 Å². The molecule has 0 amide bonds. The van der Waals surface area contributed by atoms with E-state index in [0.717, 1.165) is 51.4 Å². The number of hydrogen-bond acceptors (Lipinski definition) is 4. The van der Waals surface area contributed by atoms with Gasteiger partial charge in [0.1, 0.15) is 0 Å². The van der Waals surface area contributed by atoms with Crippen molar-refractivity contribution in [2.45, 2.75) is 132 Å². The normalized spacial score (nSPS) is 21.1. The highest BCUT2D eigenvalue weighted by Gasteiger charge is 2.31. The van der Waals surface area contributed by atoms with Gasteiger partial charge in [-0.1, -0.05) is 81.1 Å². The van der Waals surface area contributed by atoms with E-state index in [9.17, 15) is 9.59 Å². The average Bonchev–Trinajstić information content (AvgIpc) is 2.82. The number of rotatable bonds is 16. The molecule has 0 N–H and O–H groups in total. The molecule has 0 saturated heterocycles. The van der Waals surface area contributed by atoms with Crippen molar-refractivity contribution in [3.8, 4) is 0 Å². The molecule has 0 radical (unpaired) electrons. The molecule has 0 aromatic rings. The number of esters is 2. The zero-order valence-corrected chi connectivity index (χ0v) is 23.8. The molecule has 2 atom stereocenters. The molecule has 34 heavy (non-hydrogen) atoms. The van der Waals surface area contributed by atoms with Crippen molar-refractivity contribution >= 4 is 11.9 Å². The van der Waals surface area contributed by atoms with Crippen LogP contribution in [0.1, 0.15) is 132 Å². The Balaban J connectivity index is 2.15. The number of carbonyl (C=O) groups excluding carboxylic acids is 2. The molecule has 4 heteroatoms. The number of ether oxygens (including phenoxy) is 2. The predicted molar refractivity (Wildman–Crippen MR) is 142 cm³/mol. The molecule has 0 aromatic heterocycles. The van der Waals surface area contributed by atoms with E-state index < -0.39 is 0 Å². The summed E-state index contributed by atoms with van der Waals surface area (Å²) in [5, 5.41) is 0. The summed E-state index contributed by atoms with van der Waals surface area (Å²) in [5.74, 6) is 1.12. The summed E-state index contributed by atoms with van der Waals surface area (Å²) in [6.07, 6.45) is 11.8. The molecule has 0 heterocycles. The Bertz CT molecular complexity index is 535. The predicted octanol–water partition coefficient (Wildman–Crippen LogP) is 8.36. The van der Waals surface area contributed by atoms with Gasteiger partial charge in [-0.25, -0.2) is 0 Å². The maximum atomic E-state index is 12.4. The van der Waals surface area contributed by atoms with Crippen LogP contribution >= 0.6 is 0 Å². The molecule has 1 saturated carbocycles. The van der Waals surface area contributed by atoms with Crippen molar-refractivity contribution in [3.63, 3.8) is 0 Å². The first kappa shape index (κ1) is 31.0. The zero-order chi connectivity index (χ0) is 25.8. The molecule has 1 rings (SSSR count). The van der Waals surface area contributed by atoms with Gasteiger partial charge in [0.2, 0.25) is 0 Å². The number of hydrogen-bond donors (Lipinski definition) is 0. The molecule has 0 aliphatic heterocycles. The van der Waals surface area contributed by atoms with Gasteiger partial charge in [-0.15, -0.1) is 0 Å². The average molecular weight is 481 g/mol. The molecule has 0 aromatic carbocycles. The third kappa shape index (κ3) is 10.7. The monoisotopic (exact) mass is 480 g/mol. The van der Waals surface area contributed by atoms with Gasteiger partial charge in [-0.3, -0.25) is 9.59 Å². The van der Waals surface area contributed by atoms with Crippen molar-refractivity contribution in [3.05, 3.63) is 0 Å². The second-order valence-electron chi connectivity index (χ2n) is 12.4. The van der Waals surface area contributed by atoms with Crippen LogP contribution in [0.3, 0.4) is 0 Å². The van der Waals surface area contributed by atoms with Crippen molar-refractivity contribution in [2.75, 3.05) is 13.2 Å². The van der Waals surface area contributed by atoms with Crippen molar-refractivity contribution < 1.29 is 19.1 Å². The highest BCUT2D eigenvalue weighted by atomic mass is 16.5. The molecule has 1 aliphatic rings. The quantitative estimate of drug-likeness (QED) is 0.164. The zero-order valence-electron chi connectivity index (χ0n) is 23.8. The molecular formula is C30H56O4. The van der Waals surface area contributed by atoms with Crippen molar-refractivity contribution in [1.82, 2.24) is 0 Å². The third-order valence-corrected chi connectivity index (χ3v) is 9.44. The summed E-state index contributed by atoms with van der Waals surface area (Å²) in [5.41, 5.74) is 0.752. The molecule has 1 aliphatic carbocycles. The van der Waals surface area contributed by atoms with Gasteiger partial charge in [0.25, 0.3) is 0 Å². The molecule has 0 bridgehead atoms. The van der Waals surface area contributed by atoms with Crippen LogP contribution in [0, 0.1) is 34.5 Å². The second kappa shape index (κ2) is 15.1. The van der Waals surface area contributed by atoms with Crippen LogP contribution in [0.25, 0.3) is 0 Å². The minimum Gasteiger partial charge on any atom is -0.465 e. The lowest BCUT2D eigenvalue weighted by Gasteiger charge is -2.30. The first-order valence-corrected chi connectivity index (χ1v) is 14.3. The van der Waals surface area contributed by atoms with Gasteiger partial charge < -0.3 is 9.47 Å². The van der Waals surface area contributed by atoms with Gasteiger partial charge in [0, 0.05) is 0 Å². The van der Waals surface area contributed by atoms with E-state index in [2.05, 4.69) is 55.4 Å². The van der Waals surface area contributed by atoms with Gasteiger partial charge >= 0.3 is 11.9 Å². The van der Waals surface area contributed by atoms with Crippen LogP contribution in [-0.2, 0) is 19.1 Å². The SMILES string of the molecule is CCC(C)(C)C(C)CCCCOC(=O)C1CCC(C(=O)OCCCCC(C)C(C)(C)CC)CC1. The van der Waals surface area contributed by atoms with E-state index in [1.807, 2.05) is 0 Å². The minimum atomic E-state index is -0.0714. The van der Waals surface area contributed by atoms with Crippen molar-refractivity contribution in [1.29, 1.82) is 0 Å². The number of unbranched alkanes of at least 4 members (excludes halogenated alkanes) is 2. The molecule has 2 unspecified atom stereocenters. The topological polar surface area (TPSA) is 52.6 Å². The lowest BCUT2D eigenvalue weighted by molar-refractivity contribution is -0.155. The summed E-state index contributed by atoms with van der Waals surface area (Å²) >= 11 is 0. The Morgan fingerprint density at radius 2 is 1.00 bits per heavy atom. The first-order valence-electron chi connectivity index (χ1n) is 14.3. The fourth-order valence-electron chi connectivity index (χ4n) is 4.73. The van der Waals surface area contributed by atoms with Crippen LogP contribution in [0.4, 0.5) is 0 Å². The van der Waals surface area contributed by atoms with Crippen molar-refractivity contribution in [2.24, 2.45) is 34.5 Å². The Labute approximate surface area is 211 Å². The van der Waals surface area contributed by atoms with Crippen LogP contribution in [-0.4, -0.2) is 25.2 Å². The molecular weight excluding hydrogens is 424 g/mol. The van der Waals surface area contributed by atoms with Crippen LogP contribution in [0.5, 0.6) is 0 Å². The Morgan fingerprint density at radius 3 is 1.29 bits per heavy atom. The fraction of sp³-hybridized carbons (Fsp3) is 0.933. The van der Waals surface area contributed by atoms with E-state index in [-0.39, 0.29) is 23.8 Å². The van der Waals surface area contributed by atoms with E-state index in [0.29, 0.717) is 35.9 Å². The lowest BCUT2D eigenvalue weighted by Crippen LogP contribution is -2.28. The Morgan fingerprint density at radius 1 is 0.676 bits per heavy atom. The highest BCUT2D eigenvalue weighted by molar-refractivity contribution is 5.75. The molecule has 4 nitrogen and oxygen atoms in total. The van der Waals surface area contributed by atoms with E-state index in [4.69, 9.17) is 9.47 Å². The summed E-state index contributed by atoms with van der Waals surface area (Å²) in [4.78, 5) is 24.9. The maximum absolute atomic E-state index is 12.4. The summed E-state index contributed by atoms with van der Waals surface area (Å²) in [7, 11) is 0. The van der Waals surface area contributed by atoms with Crippen LogP contribution < -0.4 is 0 Å².